The highest BCUT2D eigenvalue weighted by atomic mass is 16.5. The fourth-order valence-electron chi connectivity index (χ4n) is 1.82. The Kier molecular flexibility index (Phi) is 3.27. The van der Waals surface area contributed by atoms with E-state index in [9.17, 15) is 4.79 Å². The van der Waals surface area contributed by atoms with E-state index >= 15 is 0 Å². The second-order valence-corrected chi connectivity index (χ2v) is 3.80. The molecule has 1 aliphatic heterocycles. The van der Waals surface area contributed by atoms with E-state index in [0.29, 0.717) is 13.2 Å². The molecule has 4 heteroatoms. The third-order valence-corrected chi connectivity index (χ3v) is 2.47. The van der Waals surface area contributed by atoms with Gasteiger partial charge in [-0.1, -0.05) is 0 Å². The van der Waals surface area contributed by atoms with Crippen molar-refractivity contribution >= 4 is 5.97 Å². The van der Waals surface area contributed by atoms with E-state index in [1.54, 1.807) is 7.11 Å². The molecule has 0 aliphatic carbocycles. The molecule has 1 saturated heterocycles. The summed E-state index contributed by atoms with van der Waals surface area (Å²) in [5, 5.41) is 3.27. The molecule has 0 saturated carbocycles. The van der Waals surface area contributed by atoms with Crippen molar-refractivity contribution in [3.05, 3.63) is 0 Å². The molecule has 76 valence electrons. The summed E-state index contributed by atoms with van der Waals surface area (Å²) in [6.45, 7) is 3.37. The van der Waals surface area contributed by atoms with Crippen molar-refractivity contribution in [2.24, 2.45) is 5.92 Å². The van der Waals surface area contributed by atoms with Crippen molar-refractivity contribution in [3.8, 4) is 0 Å². The number of carbonyl (C=O) groups is 1. The summed E-state index contributed by atoms with van der Waals surface area (Å²) in [5.74, 6) is -0.155. The molecule has 1 fully saturated rings. The maximum absolute atomic E-state index is 11.2. The van der Waals surface area contributed by atoms with Crippen molar-refractivity contribution in [3.63, 3.8) is 0 Å². The fraction of sp³-hybridized carbons (Fsp3) is 0.889. The van der Waals surface area contributed by atoms with Gasteiger partial charge >= 0.3 is 5.97 Å². The minimum atomic E-state index is -0.132. The monoisotopic (exact) mass is 187 g/mol. The number of hydrogen-bond donors (Lipinski definition) is 1. The van der Waals surface area contributed by atoms with Crippen LogP contribution >= 0.6 is 0 Å². The molecular weight excluding hydrogens is 170 g/mol. The summed E-state index contributed by atoms with van der Waals surface area (Å²) in [4.78, 5) is 11.2. The molecule has 0 aromatic carbocycles. The highest BCUT2D eigenvalue weighted by molar-refractivity contribution is 5.73. The molecule has 1 rings (SSSR count). The smallest absolute Gasteiger partial charge is 0.310 e. The lowest BCUT2D eigenvalue weighted by atomic mass is 9.96. The van der Waals surface area contributed by atoms with Gasteiger partial charge in [0.15, 0.2) is 0 Å². The van der Waals surface area contributed by atoms with Gasteiger partial charge in [0.05, 0.1) is 19.6 Å². The van der Waals surface area contributed by atoms with Gasteiger partial charge in [0.2, 0.25) is 0 Å². The van der Waals surface area contributed by atoms with Gasteiger partial charge in [0.25, 0.3) is 0 Å². The van der Waals surface area contributed by atoms with Gasteiger partial charge < -0.3 is 14.8 Å². The largest absolute Gasteiger partial charge is 0.469 e. The number of hydrogen-bond acceptors (Lipinski definition) is 4. The lowest BCUT2D eigenvalue weighted by molar-refractivity contribution is -0.144. The highest BCUT2D eigenvalue weighted by Crippen LogP contribution is 2.24. The number of nitrogens with one attached hydrogen (secondary N) is 1. The molecule has 0 amide bonds. The molecule has 4 nitrogen and oxygen atoms in total. The first-order valence-electron chi connectivity index (χ1n) is 4.43. The van der Waals surface area contributed by atoms with Crippen LogP contribution in [0.5, 0.6) is 0 Å². The highest BCUT2D eigenvalue weighted by Gasteiger charge is 2.38. The fourth-order valence-corrected chi connectivity index (χ4v) is 1.82. The maximum atomic E-state index is 11.2. The van der Waals surface area contributed by atoms with E-state index in [1.165, 1.54) is 7.11 Å². The van der Waals surface area contributed by atoms with Gasteiger partial charge in [-0.2, -0.15) is 0 Å². The number of carbonyl (C=O) groups excluding carboxylic acids is 1. The van der Waals surface area contributed by atoms with E-state index in [1.807, 2.05) is 0 Å². The molecule has 0 bridgehead atoms. The average Bonchev–Trinajstić information content (AvgIpc) is 2.47. The minimum absolute atomic E-state index is 0.0230. The van der Waals surface area contributed by atoms with E-state index in [0.717, 1.165) is 6.42 Å². The van der Waals surface area contributed by atoms with E-state index in [2.05, 4.69) is 17.0 Å². The maximum Gasteiger partial charge on any atom is 0.310 e. The van der Waals surface area contributed by atoms with E-state index in [-0.39, 0.29) is 17.4 Å². The topological polar surface area (TPSA) is 47.6 Å². The molecule has 0 spiro atoms. The first kappa shape index (κ1) is 10.5. The van der Waals surface area contributed by atoms with Crippen molar-refractivity contribution < 1.29 is 14.3 Å². The Morgan fingerprint density at radius 1 is 1.62 bits per heavy atom. The zero-order valence-electron chi connectivity index (χ0n) is 8.42. The Hall–Kier alpha value is -0.610. The van der Waals surface area contributed by atoms with Crippen LogP contribution in [0.4, 0.5) is 0 Å². The third-order valence-electron chi connectivity index (χ3n) is 2.47. The lowest BCUT2D eigenvalue weighted by Crippen LogP contribution is -2.40. The zero-order chi connectivity index (χ0) is 9.90. The predicted octanol–water partition coefficient (Wildman–Crippen LogP) is 0.174. The van der Waals surface area contributed by atoms with Gasteiger partial charge in [-0.15, -0.1) is 0 Å². The molecular formula is C9H17NO3. The standard InChI is InChI=1S/C9H17NO3/c1-9(6-12-2)4-7(5-10-9)8(11)13-3/h7,10H,4-6H2,1-3H3. The van der Waals surface area contributed by atoms with Gasteiger partial charge in [0.1, 0.15) is 0 Å². The van der Waals surface area contributed by atoms with Crippen LogP contribution in [-0.4, -0.2) is 38.9 Å². The summed E-state index contributed by atoms with van der Waals surface area (Å²) >= 11 is 0. The van der Waals surface area contributed by atoms with Crippen molar-refractivity contribution in [2.45, 2.75) is 18.9 Å². The van der Waals surface area contributed by atoms with E-state index in [4.69, 9.17) is 4.74 Å². The van der Waals surface area contributed by atoms with Gasteiger partial charge in [0, 0.05) is 19.2 Å². The average molecular weight is 187 g/mol. The summed E-state index contributed by atoms with van der Waals surface area (Å²) in [6, 6.07) is 0. The molecule has 0 aromatic heterocycles. The first-order chi connectivity index (χ1) is 6.11. The lowest BCUT2D eigenvalue weighted by Gasteiger charge is -2.22. The Morgan fingerprint density at radius 2 is 2.31 bits per heavy atom. The number of esters is 1. The van der Waals surface area contributed by atoms with Gasteiger partial charge in [-0.3, -0.25) is 4.79 Å². The first-order valence-corrected chi connectivity index (χ1v) is 4.43. The second-order valence-electron chi connectivity index (χ2n) is 3.80. The molecule has 2 atom stereocenters. The quantitative estimate of drug-likeness (QED) is 0.640. The van der Waals surface area contributed by atoms with Crippen LogP contribution in [0.1, 0.15) is 13.3 Å². The second kappa shape index (κ2) is 4.07. The summed E-state index contributed by atoms with van der Waals surface area (Å²) in [7, 11) is 3.09. The minimum Gasteiger partial charge on any atom is -0.469 e. The molecule has 0 radical (unpaired) electrons. The molecule has 13 heavy (non-hydrogen) atoms. The van der Waals surface area contributed by atoms with Gasteiger partial charge in [-0.05, 0) is 13.3 Å². The van der Waals surface area contributed by atoms with Crippen LogP contribution in [0.25, 0.3) is 0 Å². The van der Waals surface area contributed by atoms with Crippen LogP contribution in [0.15, 0.2) is 0 Å². The van der Waals surface area contributed by atoms with Crippen LogP contribution in [-0.2, 0) is 14.3 Å². The normalized spacial score (nSPS) is 33.3. The predicted molar refractivity (Wildman–Crippen MR) is 48.4 cm³/mol. The van der Waals surface area contributed by atoms with Crippen molar-refractivity contribution in [1.82, 2.24) is 5.32 Å². The molecule has 1 N–H and O–H groups in total. The number of ether oxygens (including phenoxy) is 2. The zero-order valence-corrected chi connectivity index (χ0v) is 8.42. The molecule has 0 aromatic rings. The van der Waals surface area contributed by atoms with Crippen molar-refractivity contribution in [2.75, 3.05) is 27.4 Å². The number of methoxy groups -OCH3 is 2. The van der Waals surface area contributed by atoms with Crippen LogP contribution in [0.2, 0.25) is 0 Å². The molecule has 2 unspecified atom stereocenters. The Labute approximate surface area is 78.6 Å². The number of rotatable bonds is 3. The van der Waals surface area contributed by atoms with Crippen LogP contribution in [0.3, 0.4) is 0 Å². The SMILES string of the molecule is COCC1(C)CC(C(=O)OC)CN1. The molecule has 1 heterocycles. The summed E-state index contributed by atoms with van der Waals surface area (Å²) in [5.41, 5.74) is -0.0758. The van der Waals surface area contributed by atoms with Crippen LogP contribution < -0.4 is 5.32 Å². The summed E-state index contributed by atoms with van der Waals surface area (Å²) < 4.78 is 9.76. The van der Waals surface area contributed by atoms with E-state index < -0.39 is 0 Å². The molecule has 1 aliphatic rings. The Bertz CT molecular complexity index is 195. The van der Waals surface area contributed by atoms with Gasteiger partial charge in [-0.25, -0.2) is 0 Å². The van der Waals surface area contributed by atoms with Crippen molar-refractivity contribution in [1.29, 1.82) is 0 Å². The third kappa shape index (κ3) is 2.42. The Morgan fingerprint density at radius 3 is 2.85 bits per heavy atom. The van der Waals surface area contributed by atoms with Crippen LogP contribution in [0, 0.1) is 5.92 Å². The Balaban J connectivity index is 2.47. The summed E-state index contributed by atoms with van der Waals surface area (Å²) in [6.07, 6.45) is 0.785.